The van der Waals surface area contributed by atoms with Gasteiger partial charge in [0.05, 0.1) is 0 Å². The fourth-order valence-corrected chi connectivity index (χ4v) is 2.67. The van der Waals surface area contributed by atoms with Crippen LogP contribution in [-0.4, -0.2) is 13.1 Å². The molecular formula is C17H19Cl2N. The zero-order valence-corrected chi connectivity index (χ0v) is 13.1. The van der Waals surface area contributed by atoms with Crippen molar-refractivity contribution >= 4 is 23.2 Å². The summed E-state index contributed by atoms with van der Waals surface area (Å²) in [4.78, 5) is 0. The number of halogens is 2. The van der Waals surface area contributed by atoms with Crippen molar-refractivity contribution in [3.63, 3.8) is 0 Å². The molecule has 2 aromatic rings. The van der Waals surface area contributed by atoms with Crippen molar-refractivity contribution in [2.45, 2.75) is 19.3 Å². The molecule has 1 atom stereocenters. The number of benzene rings is 2. The molecule has 2 rings (SSSR count). The van der Waals surface area contributed by atoms with Gasteiger partial charge in [-0.3, -0.25) is 0 Å². The Kier molecular flexibility index (Phi) is 5.90. The van der Waals surface area contributed by atoms with Gasteiger partial charge in [-0.05, 0) is 42.1 Å². The zero-order chi connectivity index (χ0) is 14.4. The first-order valence-electron chi connectivity index (χ1n) is 6.86. The third-order valence-electron chi connectivity index (χ3n) is 3.41. The SMILES string of the molecule is C[C@H](CNCCc1ccc(Cl)cc1Cl)c1ccccc1. The van der Waals surface area contributed by atoms with Crippen molar-refractivity contribution in [2.75, 3.05) is 13.1 Å². The molecule has 0 bridgehead atoms. The molecule has 106 valence electrons. The van der Waals surface area contributed by atoms with Crippen LogP contribution in [0.3, 0.4) is 0 Å². The summed E-state index contributed by atoms with van der Waals surface area (Å²) in [7, 11) is 0. The van der Waals surface area contributed by atoms with E-state index >= 15 is 0 Å². The quantitative estimate of drug-likeness (QED) is 0.746. The fraction of sp³-hybridized carbons (Fsp3) is 0.294. The molecule has 0 heterocycles. The number of rotatable bonds is 6. The van der Waals surface area contributed by atoms with Crippen LogP contribution in [0.4, 0.5) is 0 Å². The summed E-state index contributed by atoms with van der Waals surface area (Å²) in [5, 5.41) is 4.91. The molecule has 0 saturated carbocycles. The van der Waals surface area contributed by atoms with E-state index in [0.29, 0.717) is 10.9 Å². The molecule has 1 N–H and O–H groups in total. The molecule has 0 spiro atoms. The molecule has 3 heteroatoms. The van der Waals surface area contributed by atoms with E-state index in [1.807, 2.05) is 18.2 Å². The molecule has 2 aromatic carbocycles. The highest BCUT2D eigenvalue weighted by Crippen LogP contribution is 2.21. The van der Waals surface area contributed by atoms with Gasteiger partial charge in [0.15, 0.2) is 0 Å². The maximum absolute atomic E-state index is 6.15. The Morgan fingerprint density at radius 3 is 2.50 bits per heavy atom. The first kappa shape index (κ1) is 15.4. The third kappa shape index (κ3) is 4.52. The Hall–Kier alpha value is -1.02. The number of nitrogens with one attached hydrogen (secondary N) is 1. The van der Waals surface area contributed by atoms with Gasteiger partial charge < -0.3 is 5.32 Å². The van der Waals surface area contributed by atoms with Gasteiger partial charge in [-0.15, -0.1) is 0 Å². The molecule has 0 amide bonds. The minimum Gasteiger partial charge on any atom is -0.316 e. The van der Waals surface area contributed by atoms with Crippen LogP contribution < -0.4 is 5.32 Å². The number of hydrogen-bond acceptors (Lipinski definition) is 1. The largest absolute Gasteiger partial charge is 0.316 e. The smallest absolute Gasteiger partial charge is 0.0453 e. The van der Waals surface area contributed by atoms with E-state index in [1.54, 1.807) is 6.07 Å². The highest BCUT2D eigenvalue weighted by Gasteiger charge is 2.05. The Morgan fingerprint density at radius 2 is 1.80 bits per heavy atom. The van der Waals surface area contributed by atoms with E-state index in [1.165, 1.54) is 5.56 Å². The predicted octanol–water partition coefficient (Wildman–Crippen LogP) is 4.93. The third-order valence-corrected chi connectivity index (χ3v) is 3.99. The summed E-state index contributed by atoms with van der Waals surface area (Å²) in [5.41, 5.74) is 2.50. The topological polar surface area (TPSA) is 12.0 Å². The van der Waals surface area contributed by atoms with Crippen LogP contribution in [0.25, 0.3) is 0 Å². The zero-order valence-electron chi connectivity index (χ0n) is 11.6. The van der Waals surface area contributed by atoms with Gasteiger partial charge in [0, 0.05) is 16.6 Å². The second kappa shape index (κ2) is 7.68. The highest BCUT2D eigenvalue weighted by atomic mass is 35.5. The Bertz CT molecular complexity index is 540. The van der Waals surface area contributed by atoms with E-state index in [2.05, 4.69) is 36.5 Å². The molecule has 0 aliphatic heterocycles. The maximum Gasteiger partial charge on any atom is 0.0453 e. The first-order valence-corrected chi connectivity index (χ1v) is 7.62. The van der Waals surface area contributed by atoms with Crippen molar-refractivity contribution in [1.29, 1.82) is 0 Å². The number of hydrogen-bond donors (Lipinski definition) is 1. The second-order valence-corrected chi connectivity index (χ2v) is 5.85. The standard InChI is InChI=1S/C17H19Cl2N/c1-13(14-5-3-2-4-6-14)12-20-10-9-15-7-8-16(18)11-17(15)19/h2-8,11,13,20H,9-10,12H2,1H3/t13-/m1/s1. The van der Waals surface area contributed by atoms with E-state index in [4.69, 9.17) is 23.2 Å². The molecule has 0 fully saturated rings. The van der Waals surface area contributed by atoms with Crippen molar-refractivity contribution in [2.24, 2.45) is 0 Å². The summed E-state index contributed by atoms with van der Waals surface area (Å²) in [5.74, 6) is 0.511. The lowest BCUT2D eigenvalue weighted by Gasteiger charge is -2.13. The lowest BCUT2D eigenvalue weighted by Crippen LogP contribution is -2.22. The maximum atomic E-state index is 6.15. The van der Waals surface area contributed by atoms with E-state index in [-0.39, 0.29) is 0 Å². The van der Waals surface area contributed by atoms with Crippen LogP contribution in [0.15, 0.2) is 48.5 Å². The second-order valence-electron chi connectivity index (χ2n) is 5.00. The molecule has 0 aromatic heterocycles. The molecule has 1 nitrogen and oxygen atoms in total. The van der Waals surface area contributed by atoms with Gasteiger partial charge in [-0.1, -0.05) is 66.5 Å². The summed E-state index contributed by atoms with van der Waals surface area (Å²) >= 11 is 12.0. The Morgan fingerprint density at radius 1 is 1.05 bits per heavy atom. The van der Waals surface area contributed by atoms with Crippen LogP contribution in [0.5, 0.6) is 0 Å². The van der Waals surface area contributed by atoms with Gasteiger partial charge in [-0.25, -0.2) is 0 Å². The van der Waals surface area contributed by atoms with Crippen molar-refractivity contribution in [3.8, 4) is 0 Å². The minimum absolute atomic E-state index is 0.511. The van der Waals surface area contributed by atoms with Crippen LogP contribution >= 0.6 is 23.2 Å². The fourth-order valence-electron chi connectivity index (χ4n) is 2.17. The van der Waals surface area contributed by atoms with Gasteiger partial charge in [0.2, 0.25) is 0 Å². The molecule has 0 saturated heterocycles. The highest BCUT2D eigenvalue weighted by molar-refractivity contribution is 6.35. The van der Waals surface area contributed by atoms with Crippen molar-refractivity contribution in [1.82, 2.24) is 5.32 Å². The Labute approximate surface area is 130 Å². The lowest BCUT2D eigenvalue weighted by atomic mass is 10.0. The van der Waals surface area contributed by atoms with Crippen LogP contribution in [0.1, 0.15) is 24.0 Å². The minimum atomic E-state index is 0.511. The van der Waals surface area contributed by atoms with Crippen LogP contribution in [0, 0.1) is 0 Å². The Balaban J connectivity index is 1.76. The monoisotopic (exact) mass is 307 g/mol. The van der Waals surface area contributed by atoms with Gasteiger partial charge in [0.25, 0.3) is 0 Å². The average molecular weight is 308 g/mol. The van der Waals surface area contributed by atoms with E-state index in [0.717, 1.165) is 30.1 Å². The summed E-state index contributed by atoms with van der Waals surface area (Å²) in [6.07, 6.45) is 0.914. The summed E-state index contributed by atoms with van der Waals surface area (Å²) in [6.45, 7) is 4.12. The molecule has 0 unspecified atom stereocenters. The van der Waals surface area contributed by atoms with Gasteiger partial charge >= 0.3 is 0 Å². The van der Waals surface area contributed by atoms with E-state index in [9.17, 15) is 0 Å². The molecule has 0 aliphatic rings. The summed E-state index contributed by atoms with van der Waals surface area (Å²) < 4.78 is 0. The van der Waals surface area contributed by atoms with Crippen molar-refractivity contribution in [3.05, 3.63) is 69.7 Å². The molecule has 0 radical (unpaired) electrons. The van der Waals surface area contributed by atoms with Gasteiger partial charge in [0.1, 0.15) is 0 Å². The van der Waals surface area contributed by atoms with Gasteiger partial charge in [-0.2, -0.15) is 0 Å². The van der Waals surface area contributed by atoms with Crippen molar-refractivity contribution < 1.29 is 0 Å². The lowest BCUT2D eigenvalue weighted by molar-refractivity contribution is 0.615. The predicted molar refractivity (Wildman–Crippen MR) is 87.9 cm³/mol. The summed E-state index contributed by atoms with van der Waals surface area (Å²) in [6, 6.07) is 16.2. The molecular weight excluding hydrogens is 289 g/mol. The average Bonchev–Trinajstić information content (AvgIpc) is 2.46. The normalized spacial score (nSPS) is 12.3. The first-order chi connectivity index (χ1) is 9.66. The van der Waals surface area contributed by atoms with E-state index < -0.39 is 0 Å². The van der Waals surface area contributed by atoms with Crippen LogP contribution in [-0.2, 0) is 6.42 Å². The van der Waals surface area contributed by atoms with Crippen LogP contribution in [0.2, 0.25) is 10.0 Å². The molecule has 0 aliphatic carbocycles. The molecule has 20 heavy (non-hydrogen) atoms.